The van der Waals surface area contributed by atoms with E-state index in [1.807, 2.05) is 19.9 Å². The zero-order chi connectivity index (χ0) is 15.6. The number of hydrogen-bond donors (Lipinski definition) is 1. The lowest BCUT2D eigenvalue weighted by Crippen LogP contribution is -2.50. The molecule has 1 aromatic carbocycles. The zero-order valence-corrected chi connectivity index (χ0v) is 14.0. The van der Waals surface area contributed by atoms with Crippen LogP contribution in [0, 0.1) is 13.8 Å². The van der Waals surface area contributed by atoms with E-state index in [0.717, 1.165) is 11.1 Å². The molecule has 5 nitrogen and oxygen atoms in total. The first-order chi connectivity index (χ1) is 9.80. The monoisotopic (exact) mass is 327 g/mol. The largest absolute Gasteiger partial charge is 0.392 e. The Kier molecular flexibility index (Phi) is 4.98. The van der Waals surface area contributed by atoms with E-state index >= 15 is 0 Å². The Hall–Kier alpha value is -1.02. The lowest BCUT2D eigenvalue weighted by atomic mass is 10.1. The molecule has 1 fully saturated rings. The molecule has 0 aliphatic carbocycles. The van der Waals surface area contributed by atoms with Crippen molar-refractivity contribution in [2.75, 3.05) is 32.7 Å². The SMILES string of the molecule is Cc1ccc(S(=O)(=O)N2CCN(CC(N)=S)CC2)cc1C. The highest BCUT2D eigenvalue weighted by molar-refractivity contribution is 7.89. The van der Waals surface area contributed by atoms with Gasteiger partial charge in [0.2, 0.25) is 10.0 Å². The van der Waals surface area contributed by atoms with Gasteiger partial charge in [-0.1, -0.05) is 18.3 Å². The van der Waals surface area contributed by atoms with Gasteiger partial charge in [-0.05, 0) is 37.1 Å². The predicted octanol–water partition coefficient (Wildman–Crippen LogP) is 0.896. The fraction of sp³-hybridized carbons (Fsp3) is 0.500. The number of thiocarbonyl (C=S) groups is 1. The molecule has 0 saturated carbocycles. The molecule has 0 radical (unpaired) electrons. The molecule has 21 heavy (non-hydrogen) atoms. The van der Waals surface area contributed by atoms with Crippen molar-refractivity contribution in [1.82, 2.24) is 9.21 Å². The number of piperazine rings is 1. The van der Waals surface area contributed by atoms with Crippen LogP contribution < -0.4 is 5.73 Å². The first kappa shape index (κ1) is 16.4. The van der Waals surface area contributed by atoms with E-state index in [2.05, 4.69) is 4.90 Å². The molecule has 1 saturated heterocycles. The predicted molar refractivity (Wildman–Crippen MR) is 87.9 cm³/mol. The Morgan fingerprint density at radius 3 is 2.33 bits per heavy atom. The molecule has 1 aliphatic rings. The van der Waals surface area contributed by atoms with Gasteiger partial charge < -0.3 is 5.73 Å². The third-order valence-electron chi connectivity index (χ3n) is 3.83. The van der Waals surface area contributed by atoms with Gasteiger partial charge in [0.15, 0.2) is 0 Å². The molecule has 1 aromatic rings. The summed E-state index contributed by atoms with van der Waals surface area (Å²) >= 11 is 4.89. The molecule has 0 bridgehead atoms. The summed E-state index contributed by atoms with van der Waals surface area (Å²) in [7, 11) is -3.41. The van der Waals surface area contributed by atoms with Crippen LogP contribution in [-0.2, 0) is 10.0 Å². The van der Waals surface area contributed by atoms with E-state index in [-0.39, 0.29) is 0 Å². The summed E-state index contributed by atoms with van der Waals surface area (Å²) in [4.78, 5) is 2.89. The van der Waals surface area contributed by atoms with Gasteiger partial charge in [0, 0.05) is 32.7 Å². The lowest BCUT2D eigenvalue weighted by molar-refractivity contribution is 0.209. The minimum Gasteiger partial charge on any atom is -0.392 e. The van der Waals surface area contributed by atoms with Crippen LogP contribution in [0.15, 0.2) is 23.1 Å². The van der Waals surface area contributed by atoms with Crippen LogP contribution in [-0.4, -0.2) is 55.3 Å². The maximum atomic E-state index is 12.6. The van der Waals surface area contributed by atoms with Crippen molar-refractivity contribution in [2.45, 2.75) is 18.7 Å². The molecule has 1 heterocycles. The van der Waals surface area contributed by atoms with E-state index in [9.17, 15) is 8.42 Å². The van der Waals surface area contributed by atoms with E-state index < -0.39 is 10.0 Å². The topological polar surface area (TPSA) is 66.6 Å². The highest BCUT2D eigenvalue weighted by Gasteiger charge is 2.28. The average molecular weight is 327 g/mol. The molecular weight excluding hydrogens is 306 g/mol. The van der Waals surface area contributed by atoms with Crippen molar-refractivity contribution in [2.24, 2.45) is 5.73 Å². The number of hydrogen-bond acceptors (Lipinski definition) is 4. The summed E-state index contributed by atoms with van der Waals surface area (Å²) in [6.45, 7) is 6.69. The van der Waals surface area contributed by atoms with Gasteiger partial charge >= 0.3 is 0 Å². The zero-order valence-electron chi connectivity index (χ0n) is 12.4. The van der Waals surface area contributed by atoms with Gasteiger partial charge in [-0.25, -0.2) is 8.42 Å². The molecule has 116 valence electrons. The number of nitrogens with zero attached hydrogens (tertiary/aromatic N) is 2. The van der Waals surface area contributed by atoms with Crippen LogP contribution in [0.4, 0.5) is 0 Å². The van der Waals surface area contributed by atoms with E-state index in [4.69, 9.17) is 18.0 Å². The molecule has 7 heteroatoms. The molecule has 0 atom stereocenters. The van der Waals surface area contributed by atoms with Crippen molar-refractivity contribution >= 4 is 27.2 Å². The number of benzene rings is 1. The van der Waals surface area contributed by atoms with Crippen molar-refractivity contribution in [1.29, 1.82) is 0 Å². The first-order valence-corrected chi connectivity index (χ1v) is 8.73. The molecule has 0 aromatic heterocycles. The van der Waals surface area contributed by atoms with Crippen molar-refractivity contribution < 1.29 is 8.42 Å². The van der Waals surface area contributed by atoms with Gasteiger partial charge in [0.1, 0.15) is 0 Å². The Labute approximate surface area is 131 Å². The number of nitrogens with two attached hydrogens (primary N) is 1. The highest BCUT2D eigenvalue weighted by Crippen LogP contribution is 2.20. The summed E-state index contributed by atoms with van der Waals surface area (Å²) in [5.41, 5.74) is 7.61. The van der Waals surface area contributed by atoms with Gasteiger partial charge in [-0.15, -0.1) is 0 Å². The maximum Gasteiger partial charge on any atom is 0.243 e. The van der Waals surface area contributed by atoms with Crippen LogP contribution in [0.1, 0.15) is 11.1 Å². The van der Waals surface area contributed by atoms with Crippen LogP contribution in [0.5, 0.6) is 0 Å². The summed E-state index contributed by atoms with van der Waals surface area (Å²) in [5, 5.41) is 0. The molecule has 2 N–H and O–H groups in total. The summed E-state index contributed by atoms with van der Waals surface area (Å²) in [5.74, 6) is 0. The standard InChI is InChI=1S/C14H21N3O2S2/c1-11-3-4-13(9-12(11)2)21(18,19)17-7-5-16(6-8-17)10-14(15)20/h3-4,9H,5-8,10H2,1-2H3,(H2,15,20). The molecular formula is C14H21N3O2S2. The van der Waals surface area contributed by atoms with Crippen molar-refractivity contribution in [3.63, 3.8) is 0 Å². The third kappa shape index (κ3) is 3.79. The van der Waals surface area contributed by atoms with Gasteiger partial charge in [0.25, 0.3) is 0 Å². The molecule has 0 spiro atoms. The molecule has 1 aliphatic heterocycles. The molecule has 2 rings (SSSR count). The van der Waals surface area contributed by atoms with Gasteiger partial charge in [0.05, 0.1) is 9.88 Å². The minimum atomic E-state index is -3.41. The van der Waals surface area contributed by atoms with Crippen LogP contribution in [0.2, 0.25) is 0 Å². The number of rotatable bonds is 4. The second kappa shape index (κ2) is 6.39. The Morgan fingerprint density at radius 2 is 1.81 bits per heavy atom. The van der Waals surface area contributed by atoms with E-state index in [1.54, 1.807) is 12.1 Å². The van der Waals surface area contributed by atoms with Crippen molar-refractivity contribution in [3.05, 3.63) is 29.3 Å². The second-order valence-electron chi connectivity index (χ2n) is 5.39. The van der Waals surface area contributed by atoms with E-state index in [1.165, 1.54) is 4.31 Å². The summed E-state index contributed by atoms with van der Waals surface area (Å²) in [6, 6.07) is 5.27. The van der Waals surface area contributed by atoms with Crippen molar-refractivity contribution in [3.8, 4) is 0 Å². The quantitative estimate of drug-likeness (QED) is 0.832. The van der Waals surface area contributed by atoms with Gasteiger partial charge in [-0.2, -0.15) is 4.31 Å². The fourth-order valence-corrected chi connectivity index (χ4v) is 4.06. The summed E-state index contributed by atoms with van der Waals surface area (Å²) < 4.78 is 26.8. The van der Waals surface area contributed by atoms with Crippen LogP contribution in [0.25, 0.3) is 0 Å². The number of aryl methyl sites for hydroxylation is 2. The first-order valence-electron chi connectivity index (χ1n) is 6.89. The Balaban J connectivity index is 2.11. The highest BCUT2D eigenvalue weighted by atomic mass is 32.2. The maximum absolute atomic E-state index is 12.6. The van der Waals surface area contributed by atoms with E-state index in [0.29, 0.717) is 42.6 Å². The van der Waals surface area contributed by atoms with Gasteiger partial charge in [-0.3, -0.25) is 4.90 Å². The molecule has 0 unspecified atom stereocenters. The second-order valence-corrected chi connectivity index (χ2v) is 7.85. The lowest BCUT2D eigenvalue weighted by Gasteiger charge is -2.33. The van der Waals surface area contributed by atoms with Crippen LogP contribution >= 0.6 is 12.2 Å². The summed E-state index contributed by atoms with van der Waals surface area (Å²) in [6.07, 6.45) is 0. The Morgan fingerprint density at radius 1 is 1.19 bits per heavy atom. The normalized spacial score (nSPS) is 17.8. The number of sulfonamides is 1. The Bertz CT molecular complexity index is 636. The smallest absolute Gasteiger partial charge is 0.243 e. The minimum absolute atomic E-state index is 0.369. The molecule has 0 amide bonds. The third-order valence-corrected chi connectivity index (χ3v) is 5.85. The average Bonchev–Trinajstić information content (AvgIpc) is 2.41. The van der Waals surface area contributed by atoms with Crippen LogP contribution in [0.3, 0.4) is 0 Å². The fourth-order valence-electron chi connectivity index (χ4n) is 2.37.